The number of carbonyl (C=O) groups is 1. The molecule has 2 aromatic carbocycles. The fourth-order valence-electron chi connectivity index (χ4n) is 3.74. The summed E-state index contributed by atoms with van der Waals surface area (Å²) >= 11 is 12.3. The monoisotopic (exact) mass is 483 g/mol. The van der Waals surface area contributed by atoms with E-state index in [9.17, 15) is 13.2 Å². The number of ether oxygens (including phenoxy) is 1. The normalized spacial score (nSPS) is 17.7. The fraction of sp³-hybridized carbons (Fsp3) is 0.435. The quantitative estimate of drug-likeness (QED) is 0.554. The summed E-state index contributed by atoms with van der Waals surface area (Å²) in [6.45, 7) is 6.13. The largest absolute Gasteiger partial charge is 0.483 e. The van der Waals surface area contributed by atoms with Crippen molar-refractivity contribution in [2.24, 2.45) is 0 Å². The molecular weight excluding hydrogens is 457 g/mol. The minimum absolute atomic E-state index is 0.0500. The Morgan fingerprint density at radius 3 is 2.55 bits per heavy atom. The van der Waals surface area contributed by atoms with Crippen molar-refractivity contribution in [3.63, 3.8) is 0 Å². The second-order valence-corrected chi connectivity index (χ2v) is 11.4. The molecular formula is C23H27Cl2NO4S. The first-order valence-electron chi connectivity index (χ1n) is 10.2. The zero-order valence-corrected chi connectivity index (χ0v) is 20.2. The zero-order chi connectivity index (χ0) is 22.8. The first-order valence-corrected chi connectivity index (χ1v) is 12.8. The van der Waals surface area contributed by atoms with E-state index in [-0.39, 0.29) is 36.5 Å². The maximum absolute atomic E-state index is 13.2. The third-order valence-corrected chi connectivity index (χ3v) is 7.80. The molecule has 0 aliphatic carbocycles. The van der Waals surface area contributed by atoms with Crippen LogP contribution in [0.4, 0.5) is 0 Å². The van der Waals surface area contributed by atoms with Crippen molar-refractivity contribution >= 4 is 38.9 Å². The van der Waals surface area contributed by atoms with Crippen molar-refractivity contribution in [2.75, 3.05) is 18.1 Å². The Bertz CT molecular complexity index is 1070. The van der Waals surface area contributed by atoms with E-state index in [2.05, 4.69) is 13.8 Å². The second kappa shape index (κ2) is 9.80. The molecule has 1 aliphatic rings. The molecule has 0 N–H and O–H groups in total. The lowest BCUT2D eigenvalue weighted by Crippen LogP contribution is -2.43. The van der Waals surface area contributed by atoms with Crippen molar-refractivity contribution in [1.29, 1.82) is 0 Å². The van der Waals surface area contributed by atoms with Gasteiger partial charge in [0, 0.05) is 22.6 Å². The summed E-state index contributed by atoms with van der Waals surface area (Å²) in [5, 5.41) is 0.937. The highest BCUT2D eigenvalue weighted by Gasteiger charge is 2.35. The van der Waals surface area contributed by atoms with E-state index >= 15 is 0 Å². The Hall–Kier alpha value is -1.76. The standard InChI is InChI=1S/C23H27Cl2NO4S/c1-15(2)20-7-4-16(3)10-22(20)30-13-23(27)26(19-8-9-31(28,29)14-19)12-17-5-6-18(24)11-21(17)25/h4-7,10-11,15,19H,8-9,12-14H2,1-3H3. The van der Waals surface area contributed by atoms with Crippen molar-refractivity contribution in [3.8, 4) is 5.75 Å². The lowest BCUT2D eigenvalue weighted by atomic mass is 10.0. The first kappa shape index (κ1) is 23.9. The molecule has 31 heavy (non-hydrogen) atoms. The van der Waals surface area contributed by atoms with Gasteiger partial charge in [-0.1, -0.05) is 55.2 Å². The molecule has 5 nitrogen and oxygen atoms in total. The van der Waals surface area contributed by atoms with Gasteiger partial charge in [-0.25, -0.2) is 8.42 Å². The van der Waals surface area contributed by atoms with Crippen molar-refractivity contribution < 1.29 is 17.9 Å². The van der Waals surface area contributed by atoms with Crippen LogP contribution in [-0.2, 0) is 21.2 Å². The maximum Gasteiger partial charge on any atom is 0.261 e. The summed E-state index contributed by atoms with van der Waals surface area (Å²) in [5.74, 6) is 0.670. The SMILES string of the molecule is Cc1ccc(C(C)C)c(OCC(=O)N(Cc2ccc(Cl)cc2Cl)C2CCS(=O)(=O)C2)c1. The average Bonchev–Trinajstić information content (AvgIpc) is 3.04. The van der Waals surface area contributed by atoms with Crippen LogP contribution in [0.2, 0.25) is 10.0 Å². The number of halogens is 2. The molecule has 1 aliphatic heterocycles. The Labute approximate surface area is 194 Å². The minimum atomic E-state index is -3.16. The Morgan fingerprint density at radius 1 is 1.19 bits per heavy atom. The summed E-state index contributed by atoms with van der Waals surface area (Å²) in [6.07, 6.45) is 0.404. The van der Waals surface area contributed by atoms with Crippen molar-refractivity contribution in [3.05, 3.63) is 63.1 Å². The Kier molecular flexibility index (Phi) is 7.55. The first-order chi connectivity index (χ1) is 14.6. The average molecular weight is 484 g/mol. The predicted octanol–water partition coefficient (Wildman–Crippen LogP) is 5.02. The number of nitrogens with zero attached hydrogens (tertiary/aromatic N) is 1. The number of carbonyl (C=O) groups excluding carboxylic acids is 1. The summed E-state index contributed by atoms with van der Waals surface area (Å²) in [7, 11) is -3.16. The molecule has 0 radical (unpaired) electrons. The summed E-state index contributed by atoms with van der Waals surface area (Å²) < 4.78 is 30.0. The molecule has 0 spiro atoms. The highest BCUT2D eigenvalue weighted by atomic mass is 35.5. The van der Waals surface area contributed by atoms with Crippen LogP contribution in [0.3, 0.4) is 0 Å². The molecule has 1 unspecified atom stereocenters. The molecule has 1 saturated heterocycles. The number of sulfone groups is 1. The third kappa shape index (κ3) is 6.15. The van der Waals surface area contributed by atoms with Crippen LogP contribution in [0.15, 0.2) is 36.4 Å². The molecule has 1 atom stereocenters. The highest BCUT2D eigenvalue weighted by molar-refractivity contribution is 7.91. The molecule has 8 heteroatoms. The summed E-state index contributed by atoms with van der Waals surface area (Å²) in [4.78, 5) is 14.8. The number of amides is 1. The van der Waals surface area contributed by atoms with Crippen LogP contribution < -0.4 is 4.74 Å². The fourth-order valence-corrected chi connectivity index (χ4v) is 5.94. The van der Waals surface area contributed by atoms with E-state index in [0.717, 1.165) is 11.1 Å². The number of aryl methyl sites for hydroxylation is 1. The highest BCUT2D eigenvalue weighted by Crippen LogP contribution is 2.29. The van der Waals surface area contributed by atoms with E-state index in [0.29, 0.717) is 27.8 Å². The van der Waals surface area contributed by atoms with Gasteiger partial charge in [0.05, 0.1) is 11.5 Å². The van der Waals surface area contributed by atoms with Gasteiger partial charge in [-0.3, -0.25) is 4.79 Å². The summed E-state index contributed by atoms with van der Waals surface area (Å²) in [5.41, 5.74) is 2.77. The van der Waals surface area contributed by atoms with E-state index in [1.165, 1.54) is 0 Å². The smallest absolute Gasteiger partial charge is 0.261 e. The third-order valence-electron chi connectivity index (χ3n) is 5.47. The van der Waals surface area contributed by atoms with Gasteiger partial charge in [0.2, 0.25) is 0 Å². The van der Waals surface area contributed by atoms with Gasteiger partial charge in [-0.15, -0.1) is 0 Å². The number of benzene rings is 2. The van der Waals surface area contributed by atoms with E-state index in [1.54, 1.807) is 23.1 Å². The number of rotatable bonds is 7. The van der Waals surface area contributed by atoms with E-state index in [1.807, 2.05) is 25.1 Å². The molecule has 2 aromatic rings. The zero-order valence-electron chi connectivity index (χ0n) is 17.9. The van der Waals surface area contributed by atoms with Crippen LogP contribution in [-0.4, -0.2) is 43.4 Å². The van der Waals surface area contributed by atoms with Crippen molar-refractivity contribution in [2.45, 2.75) is 45.7 Å². The summed E-state index contributed by atoms with van der Waals surface area (Å²) in [6, 6.07) is 10.6. The molecule has 1 fully saturated rings. The topological polar surface area (TPSA) is 63.7 Å². The van der Waals surface area contributed by atoms with Crippen LogP contribution in [0.1, 0.15) is 42.9 Å². The molecule has 168 valence electrons. The number of hydrogen-bond donors (Lipinski definition) is 0. The van der Waals surface area contributed by atoms with Crippen molar-refractivity contribution in [1.82, 2.24) is 4.90 Å². The van der Waals surface area contributed by atoms with Gasteiger partial charge in [-0.05, 0) is 54.2 Å². The van der Waals surface area contributed by atoms with Gasteiger partial charge in [-0.2, -0.15) is 0 Å². The second-order valence-electron chi connectivity index (χ2n) is 8.30. The van der Waals surface area contributed by atoms with Crippen LogP contribution in [0.25, 0.3) is 0 Å². The lowest BCUT2D eigenvalue weighted by molar-refractivity contribution is -0.136. The minimum Gasteiger partial charge on any atom is -0.483 e. The molecule has 0 saturated carbocycles. The van der Waals surface area contributed by atoms with Gasteiger partial charge < -0.3 is 9.64 Å². The molecule has 1 heterocycles. The van der Waals surface area contributed by atoms with Crippen LogP contribution in [0, 0.1) is 6.92 Å². The van der Waals surface area contributed by atoms with Gasteiger partial charge in [0.1, 0.15) is 5.75 Å². The van der Waals surface area contributed by atoms with Gasteiger partial charge in [0.25, 0.3) is 5.91 Å². The Morgan fingerprint density at radius 2 is 1.94 bits per heavy atom. The van der Waals surface area contributed by atoms with E-state index in [4.69, 9.17) is 27.9 Å². The molecule has 1 amide bonds. The van der Waals surface area contributed by atoms with E-state index < -0.39 is 15.9 Å². The van der Waals surface area contributed by atoms with Crippen LogP contribution >= 0.6 is 23.2 Å². The molecule has 3 rings (SSSR count). The maximum atomic E-state index is 13.2. The molecule has 0 bridgehead atoms. The van der Waals surface area contributed by atoms with Gasteiger partial charge in [0.15, 0.2) is 16.4 Å². The van der Waals surface area contributed by atoms with Gasteiger partial charge >= 0.3 is 0 Å². The Balaban J connectivity index is 1.82. The van der Waals surface area contributed by atoms with Crippen LogP contribution in [0.5, 0.6) is 5.75 Å². The molecule has 0 aromatic heterocycles. The lowest BCUT2D eigenvalue weighted by Gasteiger charge is -2.29. The predicted molar refractivity (Wildman–Crippen MR) is 125 cm³/mol. The number of hydrogen-bond acceptors (Lipinski definition) is 4.